The van der Waals surface area contributed by atoms with Crippen LogP contribution in [-0.2, 0) is 42.9 Å². The molecule has 0 aromatic heterocycles. The van der Waals surface area contributed by atoms with Crippen molar-refractivity contribution in [2.75, 3.05) is 13.0 Å². The summed E-state index contributed by atoms with van der Waals surface area (Å²) in [4.78, 5) is 50.0. The highest BCUT2D eigenvalue weighted by Crippen LogP contribution is 2.50. The molecule has 0 spiro atoms. The summed E-state index contributed by atoms with van der Waals surface area (Å²) in [5, 5.41) is 10.3. The fraction of sp³-hybridized carbons (Fsp3) is 0.636. The predicted octanol–water partition coefficient (Wildman–Crippen LogP) is 0.968. The van der Waals surface area contributed by atoms with E-state index in [1.165, 1.54) is 6.08 Å². The average Bonchev–Trinajstić information content (AvgIpc) is 3.34. The molecule has 2 heterocycles. The van der Waals surface area contributed by atoms with Crippen LogP contribution in [-0.4, -0.2) is 77.6 Å². The Morgan fingerprint density at radius 3 is 2.61 bits per heavy atom. The first kappa shape index (κ1) is 25.2. The van der Waals surface area contributed by atoms with Gasteiger partial charge >= 0.3 is 23.9 Å². The minimum atomic E-state index is -2.10. The van der Waals surface area contributed by atoms with E-state index in [2.05, 4.69) is 6.58 Å². The Labute approximate surface area is 195 Å². The van der Waals surface area contributed by atoms with Gasteiger partial charge in [0, 0.05) is 12.5 Å². The monoisotopic (exact) mass is 486 g/mol. The molecule has 0 unspecified atom stereocenters. The van der Waals surface area contributed by atoms with E-state index >= 15 is 0 Å². The topological polar surface area (TPSA) is 138 Å². The number of methoxy groups -OCH3 is 1. The Kier molecular flexibility index (Phi) is 6.93. The van der Waals surface area contributed by atoms with Crippen molar-refractivity contribution in [1.29, 1.82) is 0 Å². The number of alkyl halides is 1. The highest BCUT2D eigenvalue weighted by Gasteiger charge is 2.65. The lowest BCUT2D eigenvalue weighted by atomic mass is 9.80. The van der Waals surface area contributed by atoms with Crippen molar-refractivity contribution in [1.82, 2.24) is 0 Å². The van der Waals surface area contributed by atoms with E-state index in [0.717, 1.165) is 21.0 Å². The van der Waals surface area contributed by atoms with Gasteiger partial charge in [-0.3, -0.25) is 4.79 Å². The Bertz CT molecular complexity index is 909. The molecular weight excluding hydrogens is 460 g/mol. The summed E-state index contributed by atoms with van der Waals surface area (Å²) in [5.41, 5.74) is -2.90. The number of rotatable bonds is 5. The van der Waals surface area contributed by atoms with Crippen LogP contribution in [0.3, 0.4) is 0 Å². The van der Waals surface area contributed by atoms with Gasteiger partial charge in [-0.25, -0.2) is 14.4 Å². The number of carbonyl (C=O) groups excluding carboxylic acids is 4. The van der Waals surface area contributed by atoms with Crippen molar-refractivity contribution >= 4 is 35.5 Å². The Balaban J connectivity index is 2.17. The Hall–Kier alpha value is -2.43. The minimum Gasteiger partial charge on any atom is -0.466 e. The molecule has 1 aliphatic carbocycles. The first-order valence-corrected chi connectivity index (χ1v) is 10.9. The lowest BCUT2D eigenvalue weighted by molar-refractivity contribution is -0.183. The predicted molar refractivity (Wildman–Crippen MR) is 112 cm³/mol. The quantitative estimate of drug-likeness (QED) is 0.196. The number of hydrogen-bond donors (Lipinski definition) is 1. The number of epoxide rings is 1. The van der Waals surface area contributed by atoms with Crippen molar-refractivity contribution in [3.8, 4) is 0 Å². The van der Waals surface area contributed by atoms with Gasteiger partial charge in [0.1, 0.15) is 12.2 Å². The average molecular weight is 487 g/mol. The molecule has 0 aromatic rings. The first-order chi connectivity index (χ1) is 15.4. The highest BCUT2D eigenvalue weighted by atomic mass is 35.5. The van der Waals surface area contributed by atoms with Crippen molar-refractivity contribution < 1.29 is 48.0 Å². The van der Waals surface area contributed by atoms with Crippen LogP contribution in [0.2, 0.25) is 0 Å². The van der Waals surface area contributed by atoms with Crippen molar-refractivity contribution in [2.24, 2.45) is 5.92 Å². The van der Waals surface area contributed by atoms with Crippen LogP contribution in [0.25, 0.3) is 0 Å². The second kappa shape index (κ2) is 9.08. The fourth-order valence-corrected chi connectivity index (χ4v) is 4.29. The summed E-state index contributed by atoms with van der Waals surface area (Å²) in [6.07, 6.45) is -2.09. The summed E-state index contributed by atoms with van der Waals surface area (Å²) in [5.74, 6) is -5.03. The molecule has 0 aromatic carbocycles. The second-order valence-electron chi connectivity index (χ2n) is 8.77. The Morgan fingerprint density at radius 2 is 2.03 bits per heavy atom. The largest absolute Gasteiger partial charge is 0.466 e. The molecule has 182 valence electrons. The fourth-order valence-electron chi connectivity index (χ4n) is 4.18. The first-order valence-electron chi connectivity index (χ1n) is 10.4. The molecule has 10 nitrogen and oxygen atoms in total. The van der Waals surface area contributed by atoms with E-state index in [0.29, 0.717) is 12.8 Å². The van der Waals surface area contributed by atoms with Gasteiger partial charge in [-0.2, -0.15) is 0 Å². The number of halogens is 1. The van der Waals surface area contributed by atoms with Crippen LogP contribution in [0, 0.1) is 5.92 Å². The van der Waals surface area contributed by atoms with Gasteiger partial charge in [-0.05, 0) is 26.7 Å². The molecule has 0 bridgehead atoms. The number of esters is 4. The molecule has 2 saturated heterocycles. The summed E-state index contributed by atoms with van der Waals surface area (Å²) < 4.78 is 27.3. The number of ether oxygens (including phenoxy) is 5. The third-order valence-corrected chi connectivity index (χ3v) is 6.64. The summed E-state index contributed by atoms with van der Waals surface area (Å²) in [7, 11) is 1.15. The normalized spacial score (nSPS) is 36.7. The lowest BCUT2D eigenvalue weighted by Crippen LogP contribution is -2.51. The van der Waals surface area contributed by atoms with Crippen LogP contribution in [0.15, 0.2) is 23.8 Å². The molecule has 11 heteroatoms. The molecule has 0 amide bonds. The van der Waals surface area contributed by atoms with Crippen molar-refractivity contribution in [3.05, 3.63) is 23.8 Å². The van der Waals surface area contributed by atoms with Crippen molar-refractivity contribution in [3.63, 3.8) is 0 Å². The highest BCUT2D eigenvalue weighted by molar-refractivity contribution is 6.20. The van der Waals surface area contributed by atoms with E-state index in [9.17, 15) is 24.3 Å². The zero-order valence-corrected chi connectivity index (χ0v) is 19.5. The van der Waals surface area contributed by atoms with Gasteiger partial charge in [0.05, 0.1) is 30.1 Å². The maximum Gasteiger partial charge on any atom is 0.339 e. The molecular formula is C22H27ClO10. The molecule has 0 saturated carbocycles. The molecule has 1 N–H and O–H groups in total. The van der Waals surface area contributed by atoms with Gasteiger partial charge in [0.15, 0.2) is 17.8 Å². The molecule has 2 fully saturated rings. The summed E-state index contributed by atoms with van der Waals surface area (Å²) in [6, 6.07) is 0. The van der Waals surface area contributed by atoms with Crippen LogP contribution in [0.5, 0.6) is 0 Å². The molecule has 3 rings (SSSR count). The van der Waals surface area contributed by atoms with E-state index in [4.69, 9.17) is 35.3 Å². The molecule has 2 aliphatic heterocycles. The van der Waals surface area contributed by atoms with Crippen LogP contribution in [0.4, 0.5) is 0 Å². The van der Waals surface area contributed by atoms with Crippen LogP contribution >= 0.6 is 11.6 Å². The maximum atomic E-state index is 12.8. The zero-order valence-electron chi connectivity index (χ0n) is 18.8. The van der Waals surface area contributed by atoms with Crippen LogP contribution < -0.4 is 0 Å². The maximum absolute atomic E-state index is 12.8. The molecule has 7 atom stereocenters. The number of carbonyl (C=O) groups is 4. The van der Waals surface area contributed by atoms with E-state index in [1.807, 2.05) is 6.92 Å². The van der Waals surface area contributed by atoms with Gasteiger partial charge in [0.25, 0.3) is 0 Å². The van der Waals surface area contributed by atoms with E-state index in [-0.39, 0.29) is 11.1 Å². The van der Waals surface area contributed by atoms with Gasteiger partial charge in [0.2, 0.25) is 0 Å². The van der Waals surface area contributed by atoms with E-state index < -0.39 is 71.3 Å². The number of hydrogen-bond acceptors (Lipinski definition) is 10. The van der Waals surface area contributed by atoms with Gasteiger partial charge in [-0.1, -0.05) is 12.7 Å². The number of fused-ring (bicyclic) bond motifs is 3. The molecule has 3 aliphatic rings. The third kappa shape index (κ3) is 4.78. The molecule has 0 radical (unpaired) electrons. The second-order valence-corrected chi connectivity index (χ2v) is 9.04. The summed E-state index contributed by atoms with van der Waals surface area (Å²) in [6.45, 7) is 7.87. The standard InChI is InChI=1S/C22H27ClO10/c1-10-13-15(32-20(27)21(3,28)9-23)14(30-11(2)24)12(19(26)29-5)7-6-8-22(4)17(33-22)16(13)31-18(10)25/h7,13-17,28H,1,6,8-9H2,2-5H3/b12-7+/t13-,14+,15+,16+,17-,21-,22-/m1/s1. The SMILES string of the molecule is C=C1C(=O)O[C@H]2[C@H]1[C@H](OC(=O)[C@](C)(O)CCl)[C@@H](OC(C)=O)/C(C(=O)OC)=C\CC[C@@]1(C)O[C@H]21. The van der Waals surface area contributed by atoms with E-state index in [1.54, 1.807) is 0 Å². The Morgan fingerprint density at radius 1 is 1.36 bits per heavy atom. The smallest absolute Gasteiger partial charge is 0.339 e. The third-order valence-electron chi connectivity index (χ3n) is 6.12. The number of allylic oxidation sites excluding steroid dienone is 1. The minimum absolute atomic E-state index is 0.0527. The summed E-state index contributed by atoms with van der Waals surface area (Å²) >= 11 is 5.71. The van der Waals surface area contributed by atoms with Gasteiger partial charge < -0.3 is 28.8 Å². The zero-order chi connectivity index (χ0) is 24.7. The van der Waals surface area contributed by atoms with Gasteiger partial charge in [-0.15, -0.1) is 11.6 Å². The molecule has 33 heavy (non-hydrogen) atoms. The van der Waals surface area contributed by atoms with Crippen molar-refractivity contribution in [2.45, 2.75) is 69.2 Å². The number of aliphatic hydroxyl groups is 1. The van der Waals surface area contributed by atoms with Crippen LogP contribution in [0.1, 0.15) is 33.6 Å². The lowest BCUT2D eigenvalue weighted by Gasteiger charge is -2.35.